The van der Waals surface area contributed by atoms with Crippen LogP contribution in [0, 0.1) is 17.8 Å². The number of alkyl halides is 3. The van der Waals surface area contributed by atoms with Gasteiger partial charge in [0.15, 0.2) is 9.84 Å². The van der Waals surface area contributed by atoms with E-state index in [0.717, 1.165) is 49.8 Å². The van der Waals surface area contributed by atoms with Crippen molar-refractivity contribution in [3.05, 3.63) is 48.2 Å². The van der Waals surface area contributed by atoms with Crippen LogP contribution < -0.4 is 15.4 Å². The predicted octanol–water partition coefficient (Wildman–Crippen LogP) is 4.83. The number of sulfone groups is 1. The fourth-order valence-corrected chi connectivity index (χ4v) is 5.35. The van der Waals surface area contributed by atoms with Crippen LogP contribution in [0.2, 0.25) is 0 Å². The highest BCUT2D eigenvalue weighted by atomic mass is 32.2. The maximum Gasteiger partial charge on any atom is 0.406 e. The number of methoxy groups -OCH3 is 1. The molecule has 0 saturated carbocycles. The van der Waals surface area contributed by atoms with E-state index in [0.29, 0.717) is 28.4 Å². The number of fused-ring (bicyclic) bond motifs is 1. The van der Waals surface area contributed by atoms with Crippen LogP contribution in [0.4, 0.5) is 24.5 Å². The number of piperidine rings is 1. The van der Waals surface area contributed by atoms with Gasteiger partial charge in [0.2, 0.25) is 0 Å². The summed E-state index contributed by atoms with van der Waals surface area (Å²) in [5, 5.41) is 7.26. The SMILES string of the molecule is COc1ccc(S(C)(=O)=O)cc1NCC#Cc1cc(NCC2CCN(C)CC2)c2ccn(CC(F)(F)F)c2c1. The number of aromatic nitrogens is 1. The van der Waals surface area contributed by atoms with Crippen molar-refractivity contribution in [2.45, 2.75) is 30.5 Å². The van der Waals surface area contributed by atoms with E-state index < -0.39 is 22.6 Å². The summed E-state index contributed by atoms with van der Waals surface area (Å²) in [5.41, 5.74) is 2.27. The summed E-state index contributed by atoms with van der Waals surface area (Å²) in [6, 6.07) is 9.76. The van der Waals surface area contributed by atoms with Gasteiger partial charge in [0, 0.05) is 35.6 Å². The van der Waals surface area contributed by atoms with Gasteiger partial charge in [0.25, 0.3) is 0 Å². The van der Waals surface area contributed by atoms with Crippen molar-refractivity contribution in [1.29, 1.82) is 0 Å². The highest BCUT2D eigenvalue weighted by Gasteiger charge is 2.28. The molecule has 210 valence electrons. The lowest BCUT2D eigenvalue weighted by atomic mass is 9.97. The maximum absolute atomic E-state index is 13.2. The normalized spacial score (nSPS) is 15.1. The van der Waals surface area contributed by atoms with Gasteiger partial charge < -0.3 is 24.8 Å². The first-order chi connectivity index (χ1) is 18.4. The minimum absolute atomic E-state index is 0.148. The van der Waals surface area contributed by atoms with E-state index in [9.17, 15) is 21.6 Å². The molecule has 0 bridgehead atoms. The molecule has 0 spiro atoms. The molecule has 11 heteroatoms. The van der Waals surface area contributed by atoms with E-state index in [1.54, 1.807) is 18.2 Å². The summed E-state index contributed by atoms with van der Waals surface area (Å²) in [6.45, 7) is 1.88. The lowest BCUT2D eigenvalue weighted by Crippen LogP contribution is -2.32. The summed E-state index contributed by atoms with van der Waals surface area (Å²) in [6.07, 6.45) is 0.368. The van der Waals surface area contributed by atoms with Gasteiger partial charge in [-0.25, -0.2) is 8.42 Å². The van der Waals surface area contributed by atoms with Gasteiger partial charge in [-0.3, -0.25) is 0 Å². The molecule has 3 aromatic rings. The van der Waals surface area contributed by atoms with Crippen molar-refractivity contribution in [2.24, 2.45) is 5.92 Å². The summed E-state index contributed by atoms with van der Waals surface area (Å²) < 4.78 is 70.0. The van der Waals surface area contributed by atoms with Crippen LogP contribution in [0.25, 0.3) is 10.9 Å². The first-order valence-electron chi connectivity index (χ1n) is 12.7. The molecule has 0 atom stereocenters. The number of halogens is 3. The Bertz CT molecular complexity index is 1480. The number of nitrogens with one attached hydrogen (secondary N) is 2. The second-order valence-corrected chi connectivity index (χ2v) is 11.9. The van der Waals surface area contributed by atoms with Crippen LogP contribution in [0.3, 0.4) is 0 Å². The Morgan fingerprint density at radius 1 is 1.08 bits per heavy atom. The van der Waals surface area contributed by atoms with Gasteiger partial charge in [-0.05, 0) is 75.3 Å². The minimum Gasteiger partial charge on any atom is -0.495 e. The molecule has 7 nitrogen and oxygen atoms in total. The zero-order chi connectivity index (χ0) is 28.2. The molecule has 0 unspecified atom stereocenters. The molecule has 0 aliphatic carbocycles. The molecule has 0 amide bonds. The van der Waals surface area contributed by atoms with Gasteiger partial charge in [0.1, 0.15) is 12.3 Å². The van der Waals surface area contributed by atoms with Crippen LogP contribution in [-0.4, -0.2) is 70.7 Å². The lowest BCUT2D eigenvalue weighted by molar-refractivity contribution is -0.139. The number of hydrogen-bond acceptors (Lipinski definition) is 6. The van der Waals surface area contributed by atoms with Crippen LogP contribution in [-0.2, 0) is 16.4 Å². The molecule has 1 saturated heterocycles. The number of benzene rings is 2. The van der Waals surface area contributed by atoms with E-state index in [4.69, 9.17) is 4.74 Å². The number of rotatable bonds is 8. The number of ether oxygens (including phenoxy) is 1. The Balaban J connectivity index is 1.57. The zero-order valence-corrected chi connectivity index (χ0v) is 23.0. The van der Waals surface area contributed by atoms with Crippen LogP contribution in [0.15, 0.2) is 47.5 Å². The number of nitrogens with zero attached hydrogens (tertiary/aromatic N) is 2. The number of hydrogen-bond donors (Lipinski definition) is 2. The third-order valence-electron chi connectivity index (χ3n) is 6.86. The fraction of sp³-hybridized carbons (Fsp3) is 0.429. The third kappa shape index (κ3) is 7.61. The summed E-state index contributed by atoms with van der Waals surface area (Å²) in [4.78, 5) is 2.44. The van der Waals surface area contributed by atoms with Crippen molar-refractivity contribution >= 4 is 32.1 Å². The van der Waals surface area contributed by atoms with Crippen molar-refractivity contribution in [3.63, 3.8) is 0 Å². The zero-order valence-electron chi connectivity index (χ0n) is 22.2. The Labute approximate surface area is 227 Å². The molecule has 2 aromatic carbocycles. The van der Waals surface area contributed by atoms with Crippen molar-refractivity contribution in [1.82, 2.24) is 9.47 Å². The number of anilines is 2. The van der Waals surface area contributed by atoms with Gasteiger partial charge in [0.05, 0.1) is 29.8 Å². The molecular weight excluding hydrogens is 529 g/mol. The van der Waals surface area contributed by atoms with Crippen LogP contribution in [0.1, 0.15) is 18.4 Å². The van der Waals surface area contributed by atoms with Crippen molar-refractivity contribution < 1.29 is 26.3 Å². The van der Waals surface area contributed by atoms with E-state index in [-0.39, 0.29) is 11.4 Å². The molecule has 2 heterocycles. The number of likely N-dealkylation sites (tertiary alicyclic amines) is 1. The predicted molar refractivity (Wildman–Crippen MR) is 148 cm³/mol. The van der Waals surface area contributed by atoms with E-state index in [2.05, 4.69) is 34.4 Å². The second-order valence-electron chi connectivity index (χ2n) is 9.93. The largest absolute Gasteiger partial charge is 0.495 e. The molecule has 0 radical (unpaired) electrons. The van der Waals surface area contributed by atoms with Gasteiger partial charge in [-0.15, -0.1) is 0 Å². The fourth-order valence-electron chi connectivity index (χ4n) is 4.71. The Morgan fingerprint density at radius 3 is 2.49 bits per heavy atom. The highest BCUT2D eigenvalue weighted by molar-refractivity contribution is 7.90. The van der Waals surface area contributed by atoms with Crippen LogP contribution >= 0.6 is 0 Å². The van der Waals surface area contributed by atoms with Gasteiger partial charge >= 0.3 is 6.18 Å². The average molecular weight is 563 g/mol. The standard InChI is InChI=1S/C28H33F3N4O3S/c1-34-12-8-20(9-13-34)18-33-24-15-21(16-26-23(24)10-14-35(26)19-28(29,30)31)5-4-11-32-25-17-22(39(3,36)37)6-7-27(25)38-2/h6-7,10,14-17,20,32-33H,8-9,11-13,18-19H2,1-3H3. The Hall–Kier alpha value is -3.36. The molecule has 39 heavy (non-hydrogen) atoms. The first kappa shape index (κ1) is 28.6. The van der Waals surface area contributed by atoms with E-state index >= 15 is 0 Å². The van der Waals surface area contributed by atoms with Crippen molar-refractivity contribution in [3.8, 4) is 17.6 Å². The lowest BCUT2D eigenvalue weighted by Gasteiger charge is -2.29. The Morgan fingerprint density at radius 2 is 1.82 bits per heavy atom. The van der Waals surface area contributed by atoms with Gasteiger partial charge in [-0.2, -0.15) is 13.2 Å². The van der Waals surface area contributed by atoms with E-state index in [1.807, 2.05) is 6.07 Å². The Kier molecular flexibility index (Phi) is 8.67. The molecule has 1 aliphatic heterocycles. The molecule has 4 rings (SSSR count). The monoisotopic (exact) mass is 562 g/mol. The molecule has 1 fully saturated rings. The minimum atomic E-state index is -4.35. The summed E-state index contributed by atoms with van der Waals surface area (Å²) in [5.74, 6) is 6.99. The molecular formula is C28H33F3N4O3S. The quantitative estimate of drug-likeness (QED) is 0.383. The summed E-state index contributed by atoms with van der Waals surface area (Å²) >= 11 is 0. The topological polar surface area (TPSA) is 75.6 Å². The van der Waals surface area contributed by atoms with E-state index in [1.165, 1.54) is 30.0 Å². The summed E-state index contributed by atoms with van der Waals surface area (Å²) in [7, 11) is 0.186. The second kappa shape index (κ2) is 11.8. The highest BCUT2D eigenvalue weighted by Crippen LogP contribution is 2.30. The molecule has 2 N–H and O–H groups in total. The third-order valence-corrected chi connectivity index (χ3v) is 7.97. The average Bonchev–Trinajstić information content (AvgIpc) is 3.26. The smallest absolute Gasteiger partial charge is 0.406 e. The van der Waals surface area contributed by atoms with Gasteiger partial charge in [-0.1, -0.05) is 11.8 Å². The van der Waals surface area contributed by atoms with Crippen molar-refractivity contribution in [2.75, 3.05) is 57.2 Å². The first-order valence-corrected chi connectivity index (χ1v) is 14.5. The molecule has 1 aromatic heterocycles. The molecule has 1 aliphatic rings. The van der Waals surface area contributed by atoms with Crippen LogP contribution in [0.5, 0.6) is 5.75 Å². The maximum atomic E-state index is 13.2.